The highest BCUT2D eigenvalue weighted by atomic mass is 35.5. The predicted molar refractivity (Wildman–Crippen MR) is 160 cm³/mol. The maximum Gasteiger partial charge on any atom is 0.339 e. The highest BCUT2D eigenvalue weighted by Crippen LogP contribution is 2.56. The summed E-state index contributed by atoms with van der Waals surface area (Å²) < 4.78 is 36.8. The number of aromatic carboxylic acids is 1. The van der Waals surface area contributed by atoms with Gasteiger partial charge in [0.2, 0.25) is 5.91 Å². The molecule has 3 atom stereocenters. The van der Waals surface area contributed by atoms with Crippen molar-refractivity contribution in [1.82, 2.24) is 4.90 Å². The van der Waals surface area contributed by atoms with Gasteiger partial charge in [-0.25, -0.2) is 13.6 Å². The molecule has 4 rings (SSSR count). The van der Waals surface area contributed by atoms with Gasteiger partial charge in [0.15, 0.2) is 0 Å². The van der Waals surface area contributed by atoms with Gasteiger partial charge in [0.05, 0.1) is 24.2 Å². The number of aryl methyl sites for hydroxylation is 1. The highest BCUT2D eigenvalue weighted by Gasteiger charge is 2.59. The molecule has 226 valence electrons. The summed E-state index contributed by atoms with van der Waals surface area (Å²) in [6.45, 7) is 6.03. The molecule has 0 radical (unpaired) electrons. The van der Waals surface area contributed by atoms with Gasteiger partial charge in [0, 0.05) is 35.0 Å². The van der Waals surface area contributed by atoms with Gasteiger partial charge in [0.25, 0.3) is 0 Å². The highest BCUT2D eigenvalue weighted by molar-refractivity contribution is 6.31. The number of amides is 1. The van der Waals surface area contributed by atoms with E-state index >= 15 is 8.78 Å². The minimum absolute atomic E-state index is 0.0116. The van der Waals surface area contributed by atoms with Crippen molar-refractivity contribution in [1.29, 1.82) is 5.26 Å². The Morgan fingerprint density at radius 3 is 2.47 bits per heavy atom. The summed E-state index contributed by atoms with van der Waals surface area (Å²) in [5.74, 6) is -3.45. The molecule has 1 heterocycles. The maximum atomic E-state index is 15.8. The van der Waals surface area contributed by atoms with Crippen LogP contribution >= 0.6 is 23.2 Å². The van der Waals surface area contributed by atoms with Gasteiger partial charge >= 0.3 is 5.97 Å². The zero-order chi connectivity index (χ0) is 31.7. The molecule has 10 heteroatoms. The molecule has 3 aromatic rings. The summed E-state index contributed by atoms with van der Waals surface area (Å²) in [5.41, 5.74) is -1.31. The number of carboxylic acid groups (broad SMARTS) is 1. The molecule has 0 aromatic heterocycles. The van der Waals surface area contributed by atoms with Gasteiger partial charge < -0.3 is 14.7 Å². The Morgan fingerprint density at radius 2 is 1.86 bits per heavy atom. The van der Waals surface area contributed by atoms with E-state index < -0.39 is 35.0 Å². The molecule has 0 bridgehead atoms. The largest absolute Gasteiger partial charge is 0.496 e. The summed E-state index contributed by atoms with van der Waals surface area (Å²) in [5, 5.41) is 20.3. The van der Waals surface area contributed by atoms with Crippen molar-refractivity contribution in [2.24, 2.45) is 11.3 Å². The predicted octanol–water partition coefficient (Wildman–Crippen LogP) is 8.01. The number of methoxy groups -OCH3 is 1. The Balaban J connectivity index is 1.85. The van der Waals surface area contributed by atoms with E-state index in [-0.39, 0.29) is 63.2 Å². The Bertz CT molecular complexity index is 1600. The Labute approximate surface area is 259 Å². The molecule has 1 aliphatic heterocycles. The zero-order valence-corrected chi connectivity index (χ0v) is 25.8. The normalized spacial score (nSPS) is 20.1. The Kier molecular flexibility index (Phi) is 9.39. The molecule has 0 aliphatic carbocycles. The number of hydrogen-bond acceptors (Lipinski definition) is 4. The topological polar surface area (TPSA) is 90.6 Å². The lowest BCUT2D eigenvalue weighted by atomic mass is 9.63. The smallest absolute Gasteiger partial charge is 0.339 e. The van der Waals surface area contributed by atoms with Gasteiger partial charge in [-0.1, -0.05) is 68.2 Å². The minimum Gasteiger partial charge on any atom is -0.496 e. The first-order chi connectivity index (χ1) is 20.2. The van der Waals surface area contributed by atoms with Crippen LogP contribution in [0.1, 0.15) is 66.7 Å². The molecule has 1 N–H and O–H groups in total. The fourth-order valence-electron chi connectivity index (χ4n) is 6.18. The van der Waals surface area contributed by atoms with Crippen molar-refractivity contribution in [3.8, 4) is 11.8 Å². The third-order valence-corrected chi connectivity index (χ3v) is 8.47. The molecule has 1 saturated heterocycles. The standard InChI is InChI=1S/C33H32Cl2F2N2O4/c1-32(2,3)16-20-17-39(28(40)13-9-19-8-11-22(31(41)42)27(14-19)43-4)30(23-6-5-7-25(35)29(23)37)33(20,18-38)24-12-10-21(34)15-26(24)36/h5-8,10-12,14-15,20,30H,9,13,16-17H2,1-4H3,(H,41,42)/t20-,30-,33-/m1/s1. The van der Waals surface area contributed by atoms with Crippen LogP contribution in [0.4, 0.5) is 8.78 Å². The number of ether oxygens (including phenoxy) is 1. The number of halogens is 4. The number of rotatable bonds is 8. The third kappa shape index (κ3) is 6.34. The van der Waals surface area contributed by atoms with E-state index in [0.29, 0.717) is 12.0 Å². The van der Waals surface area contributed by atoms with Gasteiger partial charge in [-0.15, -0.1) is 0 Å². The molecule has 3 aromatic carbocycles. The molecular formula is C33H32Cl2F2N2O4. The van der Waals surface area contributed by atoms with Crippen molar-refractivity contribution in [2.45, 2.75) is 51.5 Å². The van der Waals surface area contributed by atoms with Crippen LogP contribution in [0.25, 0.3) is 0 Å². The van der Waals surface area contributed by atoms with Crippen molar-refractivity contribution in [3.63, 3.8) is 0 Å². The zero-order valence-electron chi connectivity index (χ0n) is 24.3. The van der Waals surface area contributed by atoms with E-state index in [1.54, 1.807) is 12.1 Å². The van der Waals surface area contributed by atoms with Crippen LogP contribution in [-0.4, -0.2) is 35.5 Å². The van der Waals surface area contributed by atoms with Crippen LogP contribution in [0.15, 0.2) is 54.6 Å². The number of likely N-dealkylation sites (tertiary alicyclic amines) is 1. The van der Waals surface area contributed by atoms with Crippen LogP contribution in [0.3, 0.4) is 0 Å². The van der Waals surface area contributed by atoms with Crippen molar-refractivity contribution < 1.29 is 28.2 Å². The van der Waals surface area contributed by atoms with E-state index in [9.17, 15) is 20.0 Å². The van der Waals surface area contributed by atoms with E-state index in [4.69, 9.17) is 27.9 Å². The number of carbonyl (C=O) groups is 2. The molecule has 6 nitrogen and oxygen atoms in total. The SMILES string of the molecule is COc1cc(CCC(=O)N2C[C@@H](CC(C)(C)C)[C@](C#N)(c3ccc(Cl)cc3F)[C@H]2c2cccc(Cl)c2F)ccc1C(=O)O. The number of benzene rings is 3. The fourth-order valence-corrected chi connectivity index (χ4v) is 6.52. The number of nitriles is 1. The quantitative estimate of drug-likeness (QED) is 0.273. The summed E-state index contributed by atoms with van der Waals surface area (Å²) >= 11 is 12.3. The lowest BCUT2D eigenvalue weighted by Crippen LogP contribution is -2.41. The van der Waals surface area contributed by atoms with Crippen LogP contribution in [0.2, 0.25) is 10.0 Å². The van der Waals surface area contributed by atoms with Crippen LogP contribution < -0.4 is 4.74 Å². The number of nitrogens with zero attached hydrogens (tertiary/aromatic N) is 2. The molecule has 0 saturated carbocycles. The van der Waals surface area contributed by atoms with Gasteiger partial charge in [0.1, 0.15) is 28.4 Å². The summed E-state index contributed by atoms with van der Waals surface area (Å²) in [7, 11) is 1.36. The number of hydrogen-bond donors (Lipinski definition) is 1. The average Bonchev–Trinajstić information content (AvgIpc) is 3.25. The van der Waals surface area contributed by atoms with Crippen LogP contribution in [-0.2, 0) is 16.6 Å². The first kappa shape index (κ1) is 32.2. The molecule has 1 aliphatic rings. The Morgan fingerprint density at radius 1 is 1.14 bits per heavy atom. The summed E-state index contributed by atoms with van der Waals surface area (Å²) in [6, 6.07) is 14.1. The number of carbonyl (C=O) groups excluding carboxylic acids is 1. The van der Waals surface area contributed by atoms with Crippen molar-refractivity contribution in [3.05, 3.63) is 98.5 Å². The molecule has 0 spiro atoms. The molecule has 1 fully saturated rings. The van der Waals surface area contributed by atoms with Crippen molar-refractivity contribution in [2.75, 3.05) is 13.7 Å². The fraction of sp³-hybridized carbons (Fsp3) is 0.364. The van der Waals surface area contributed by atoms with Gasteiger partial charge in [-0.3, -0.25) is 4.79 Å². The number of carboxylic acids is 1. The second-order valence-corrected chi connectivity index (χ2v) is 12.8. The van der Waals surface area contributed by atoms with E-state index in [1.807, 2.05) is 20.8 Å². The second kappa shape index (κ2) is 12.5. The van der Waals surface area contributed by atoms with Crippen molar-refractivity contribution >= 4 is 35.1 Å². The molecular weight excluding hydrogens is 597 g/mol. The third-order valence-electron chi connectivity index (χ3n) is 7.94. The van der Waals surface area contributed by atoms with E-state index in [1.165, 1.54) is 48.4 Å². The van der Waals surface area contributed by atoms with Crippen LogP contribution in [0, 0.1) is 34.3 Å². The minimum atomic E-state index is -1.67. The van der Waals surface area contributed by atoms with Gasteiger partial charge in [-0.2, -0.15) is 5.26 Å². The lowest BCUT2D eigenvalue weighted by molar-refractivity contribution is -0.132. The summed E-state index contributed by atoms with van der Waals surface area (Å²) in [6.07, 6.45) is 0.606. The monoisotopic (exact) mass is 628 g/mol. The summed E-state index contributed by atoms with van der Waals surface area (Å²) in [4.78, 5) is 27.0. The van der Waals surface area contributed by atoms with E-state index in [0.717, 1.165) is 6.07 Å². The lowest BCUT2D eigenvalue weighted by Gasteiger charge is -2.38. The van der Waals surface area contributed by atoms with Crippen LogP contribution in [0.5, 0.6) is 5.75 Å². The van der Waals surface area contributed by atoms with E-state index in [2.05, 4.69) is 6.07 Å². The first-order valence-electron chi connectivity index (χ1n) is 13.7. The second-order valence-electron chi connectivity index (χ2n) is 12.0. The first-order valence-corrected chi connectivity index (χ1v) is 14.5. The maximum absolute atomic E-state index is 15.8. The Hall–Kier alpha value is -3.67. The molecule has 1 amide bonds. The van der Waals surface area contributed by atoms with Gasteiger partial charge in [-0.05, 0) is 54.2 Å². The average molecular weight is 630 g/mol. The molecule has 43 heavy (non-hydrogen) atoms. The molecule has 0 unspecified atom stereocenters.